The number of hydrogen-bond donors (Lipinski definition) is 0. The summed E-state index contributed by atoms with van der Waals surface area (Å²) in [5, 5.41) is 0. The largest absolute Gasteiger partial charge is 0.449 e. The van der Waals surface area contributed by atoms with Crippen LogP contribution in [-0.4, -0.2) is 57.8 Å². The fourth-order valence-corrected chi connectivity index (χ4v) is 4.53. The van der Waals surface area contributed by atoms with Gasteiger partial charge in [0, 0.05) is 27.1 Å². The topological polar surface area (TPSA) is 96.4 Å². The molecule has 0 saturated carbocycles. The second-order valence-corrected chi connectivity index (χ2v) is 8.48. The van der Waals surface area contributed by atoms with Crippen LogP contribution in [0, 0.1) is 0 Å². The molecule has 0 aliphatic carbocycles. The third-order valence-corrected chi connectivity index (χ3v) is 5.99. The molecule has 0 N–H and O–H groups in total. The number of anilines is 1. The molecule has 1 fully saturated rings. The molecule has 9 heteroatoms. The van der Waals surface area contributed by atoms with E-state index in [0.717, 1.165) is 19.3 Å². The van der Waals surface area contributed by atoms with Gasteiger partial charge in [-0.05, 0) is 38.0 Å². The summed E-state index contributed by atoms with van der Waals surface area (Å²) in [6.45, 7) is 2.17. The Morgan fingerprint density at radius 3 is 2.67 bits per heavy atom. The Hall–Kier alpha value is -2.42. The van der Waals surface area contributed by atoms with E-state index in [9.17, 15) is 18.0 Å². The highest BCUT2D eigenvalue weighted by Crippen LogP contribution is 2.35. The maximum absolute atomic E-state index is 12.6. The van der Waals surface area contributed by atoms with Crippen molar-refractivity contribution in [3.8, 4) is 0 Å². The van der Waals surface area contributed by atoms with Crippen molar-refractivity contribution in [3.63, 3.8) is 0 Å². The predicted molar refractivity (Wildman–Crippen MR) is 100 cm³/mol. The lowest BCUT2D eigenvalue weighted by molar-refractivity contribution is -0.137. The number of amides is 1. The molecular weight excluding hydrogens is 370 g/mol. The van der Waals surface area contributed by atoms with Gasteiger partial charge in [-0.25, -0.2) is 4.79 Å². The molecule has 1 aromatic rings. The van der Waals surface area contributed by atoms with E-state index in [1.54, 1.807) is 20.2 Å². The summed E-state index contributed by atoms with van der Waals surface area (Å²) < 4.78 is 34.3. The quantitative estimate of drug-likeness (QED) is 0.727. The van der Waals surface area contributed by atoms with Gasteiger partial charge in [-0.15, -0.1) is 4.40 Å². The zero-order valence-electron chi connectivity index (χ0n) is 15.6. The molecule has 0 radical (unpaired) electrons. The first-order chi connectivity index (χ1) is 12.7. The van der Waals surface area contributed by atoms with E-state index in [1.807, 2.05) is 4.90 Å². The van der Waals surface area contributed by atoms with Crippen LogP contribution in [0.5, 0.6) is 0 Å². The van der Waals surface area contributed by atoms with Crippen molar-refractivity contribution < 1.29 is 22.7 Å². The molecule has 0 bridgehead atoms. The zero-order valence-corrected chi connectivity index (χ0v) is 16.5. The Labute approximate surface area is 158 Å². The number of fused-ring (bicyclic) bond motifs is 3. The third-order valence-electron chi connectivity index (χ3n) is 4.66. The van der Waals surface area contributed by atoms with E-state index in [0.29, 0.717) is 24.5 Å². The fourth-order valence-electron chi connectivity index (χ4n) is 3.25. The van der Waals surface area contributed by atoms with Gasteiger partial charge in [-0.2, -0.15) is 8.42 Å². The van der Waals surface area contributed by atoms with Crippen molar-refractivity contribution in [2.45, 2.75) is 43.6 Å². The molecular formula is C18H23N3O5S. The van der Waals surface area contributed by atoms with Crippen LogP contribution in [-0.2, 0) is 19.6 Å². The predicted octanol–water partition coefficient (Wildman–Crippen LogP) is 1.80. The van der Waals surface area contributed by atoms with E-state index in [-0.39, 0.29) is 16.4 Å². The Morgan fingerprint density at radius 1 is 1.22 bits per heavy atom. The normalized spacial score (nSPS) is 19.1. The Morgan fingerprint density at radius 2 is 1.96 bits per heavy atom. The lowest BCUT2D eigenvalue weighted by Crippen LogP contribution is -2.36. The summed E-state index contributed by atoms with van der Waals surface area (Å²) in [6.07, 6.45) is 2.53. The molecule has 1 amide bonds. The van der Waals surface area contributed by atoms with Crippen LogP contribution in [0.15, 0.2) is 27.5 Å². The van der Waals surface area contributed by atoms with Crippen molar-refractivity contribution in [1.29, 1.82) is 0 Å². The molecule has 146 valence electrons. The lowest BCUT2D eigenvalue weighted by Gasteiger charge is -2.29. The van der Waals surface area contributed by atoms with Crippen LogP contribution < -0.4 is 4.90 Å². The Balaban J connectivity index is 1.91. The number of benzene rings is 1. The van der Waals surface area contributed by atoms with E-state index < -0.39 is 22.1 Å². The van der Waals surface area contributed by atoms with Crippen molar-refractivity contribution in [2.24, 2.45) is 4.40 Å². The van der Waals surface area contributed by atoms with Gasteiger partial charge in [0.2, 0.25) is 0 Å². The molecule has 2 aliphatic rings. The van der Waals surface area contributed by atoms with Gasteiger partial charge < -0.3 is 14.5 Å². The molecule has 0 unspecified atom stereocenters. The zero-order chi connectivity index (χ0) is 19.8. The van der Waals surface area contributed by atoms with Crippen molar-refractivity contribution in [1.82, 2.24) is 4.90 Å². The number of ether oxygens (including phenoxy) is 1. The van der Waals surface area contributed by atoms with E-state index in [4.69, 9.17) is 4.74 Å². The number of esters is 1. The molecule has 1 saturated heterocycles. The first kappa shape index (κ1) is 19.3. The second kappa shape index (κ2) is 7.30. The van der Waals surface area contributed by atoms with Crippen LogP contribution in [0.1, 0.15) is 43.0 Å². The van der Waals surface area contributed by atoms with Gasteiger partial charge in [-0.1, -0.05) is 6.42 Å². The third kappa shape index (κ3) is 3.83. The summed E-state index contributed by atoms with van der Waals surface area (Å²) in [5.74, 6) is -0.547. The number of nitrogens with zero attached hydrogens (tertiary/aromatic N) is 3. The number of hydrogen-bond acceptors (Lipinski definition) is 6. The summed E-state index contributed by atoms with van der Waals surface area (Å²) in [7, 11) is -0.751. The minimum Gasteiger partial charge on any atom is -0.449 e. The van der Waals surface area contributed by atoms with Gasteiger partial charge in [-0.3, -0.25) is 4.79 Å². The van der Waals surface area contributed by atoms with Crippen LogP contribution >= 0.6 is 0 Å². The first-order valence-corrected chi connectivity index (χ1v) is 10.3. The molecule has 1 aromatic carbocycles. The molecule has 27 heavy (non-hydrogen) atoms. The van der Waals surface area contributed by atoms with Crippen LogP contribution in [0.4, 0.5) is 5.69 Å². The van der Waals surface area contributed by atoms with Crippen molar-refractivity contribution >= 4 is 33.4 Å². The minimum atomic E-state index is -3.88. The monoisotopic (exact) mass is 393 g/mol. The first-order valence-electron chi connectivity index (χ1n) is 8.88. The summed E-state index contributed by atoms with van der Waals surface area (Å²) >= 11 is 0. The smallest absolute Gasteiger partial charge is 0.338 e. The fraction of sp³-hybridized carbons (Fsp3) is 0.500. The average Bonchev–Trinajstić information content (AvgIpc) is 2.85. The number of amidine groups is 1. The number of carbonyl (C=O) groups excluding carboxylic acids is 2. The van der Waals surface area contributed by atoms with E-state index in [1.165, 1.54) is 24.0 Å². The van der Waals surface area contributed by atoms with Gasteiger partial charge in [0.1, 0.15) is 10.7 Å². The standard InChI is InChI=1S/C18H23N3O5S/c1-12(17(22)20(2)3)26-18(23)13-8-9-14-15(11-13)27(24,25)19-16-7-5-4-6-10-21(14)16/h8-9,11-12H,4-7,10H2,1-3H3/t12-/m1/s1. The SMILES string of the molecule is C[C@@H](OC(=O)c1ccc2c(c1)S(=O)(=O)N=C1CCCCCN12)C(=O)N(C)C. The lowest BCUT2D eigenvalue weighted by atomic mass is 10.1. The summed E-state index contributed by atoms with van der Waals surface area (Å²) in [4.78, 5) is 27.5. The molecule has 0 aromatic heterocycles. The molecule has 3 rings (SSSR count). The van der Waals surface area contributed by atoms with Gasteiger partial charge in [0.25, 0.3) is 15.9 Å². The Bertz CT molecular complexity index is 908. The highest BCUT2D eigenvalue weighted by atomic mass is 32.2. The maximum atomic E-state index is 12.6. The van der Waals surface area contributed by atoms with E-state index >= 15 is 0 Å². The second-order valence-electron chi connectivity index (χ2n) is 6.91. The highest BCUT2D eigenvalue weighted by Gasteiger charge is 2.32. The number of sulfonamides is 1. The van der Waals surface area contributed by atoms with Gasteiger partial charge in [0.15, 0.2) is 6.10 Å². The van der Waals surface area contributed by atoms with Gasteiger partial charge >= 0.3 is 5.97 Å². The van der Waals surface area contributed by atoms with Crippen molar-refractivity contribution in [2.75, 3.05) is 25.5 Å². The Kier molecular flexibility index (Phi) is 5.23. The van der Waals surface area contributed by atoms with Crippen molar-refractivity contribution in [3.05, 3.63) is 23.8 Å². The molecule has 1 atom stereocenters. The number of rotatable bonds is 3. The van der Waals surface area contributed by atoms with Gasteiger partial charge in [0.05, 0.1) is 11.3 Å². The average molecular weight is 393 g/mol. The minimum absolute atomic E-state index is 0.00538. The molecule has 2 aliphatic heterocycles. The highest BCUT2D eigenvalue weighted by molar-refractivity contribution is 7.90. The van der Waals surface area contributed by atoms with E-state index in [2.05, 4.69) is 4.40 Å². The van der Waals surface area contributed by atoms with Crippen LogP contribution in [0.25, 0.3) is 0 Å². The summed E-state index contributed by atoms with van der Waals surface area (Å²) in [5.41, 5.74) is 0.611. The molecule has 2 heterocycles. The number of carbonyl (C=O) groups is 2. The van der Waals surface area contributed by atoms with Crippen LogP contribution in [0.3, 0.4) is 0 Å². The molecule has 8 nitrogen and oxygen atoms in total. The molecule has 0 spiro atoms. The summed E-state index contributed by atoms with van der Waals surface area (Å²) in [6, 6.07) is 4.42. The number of likely N-dealkylation sites (N-methyl/N-ethyl adjacent to an activating group) is 1. The van der Waals surface area contributed by atoms with Crippen LogP contribution in [0.2, 0.25) is 0 Å². The maximum Gasteiger partial charge on any atom is 0.338 e.